The van der Waals surface area contributed by atoms with Gasteiger partial charge in [0.05, 0.1) is 17.1 Å². The van der Waals surface area contributed by atoms with Gasteiger partial charge in [-0.05, 0) is 19.4 Å². The number of nitro groups is 1. The highest BCUT2D eigenvalue weighted by Crippen LogP contribution is 2.22. The van der Waals surface area contributed by atoms with E-state index in [1.807, 2.05) is 0 Å². The van der Waals surface area contributed by atoms with Crippen LogP contribution in [0.3, 0.4) is 0 Å². The Morgan fingerprint density at radius 3 is 2.82 bits per heavy atom. The molecule has 0 aliphatic rings. The largest absolute Gasteiger partial charge is 0.466 e. The van der Waals surface area contributed by atoms with Crippen molar-refractivity contribution in [3.8, 4) is 0 Å². The van der Waals surface area contributed by atoms with Gasteiger partial charge in [0, 0.05) is 12.5 Å². The Morgan fingerprint density at radius 1 is 1.53 bits per heavy atom. The highest BCUT2D eigenvalue weighted by Gasteiger charge is 2.18. The second-order valence-corrected chi connectivity index (χ2v) is 3.30. The summed E-state index contributed by atoms with van der Waals surface area (Å²) in [7, 11) is 0. The number of benzene rings is 1. The van der Waals surface area contributed by atoms with Crippen LogP contribution in [0.15, 0.2) is 18.2 Å². The van der Waals surface area contributed by atoms with Crippen molar-refractivity contribution < 1.29 is 18.8 Å². The number of esters is 1. The fourth-order valence-corrected chi connectivity index (χ4v) is 1.43. The number of ether oxygens (including phenoxy) is 1. The van der Waals surface area contributed by atoms with Crippen molar-refractivity contribution in [2.24, 2.45) is 0 Å². The second kappa shape index (κ2) is 5.93. The zero-order chi connectivity index (χ0) is 12.8. The second-order valence-electron chi connectivity index (χ2n) is 3.30. The molecule has 17 heavy (non-hydrogen) atoms. The molecule has 0 fully saturated rings. The van der Waals surface area contributed by atoms with Gasteiger partial charge in [0.25, 0.3) is 5.69 Å². The molecule has 0 saturated carbocycles. The molecular weight excluding hydrogens is 229 g/mol. The standard InChI is InChI=1S/C11H12FNO4/c1-2-17-11(14)7-6-8-9(12)4-3-5-10(8)13(15)16/h3-5H,2,6-7H2,1H3. The molecule has 0 spiro atoms. The van der Waals surface area contributed by atoms with Gasteiger partial charge >= 0.3 is 5.97 Å². The molecule has 1 rings (SSSR count). The molecule has 0 aromatic heterocycles. The number of carbonyl (C=O) groups excluding carboxylic acids is 1. The molecule has 0 aliphatic carbocycles. The van der Waals surface area contributed by atoms with Gasteiger partial charge in [0.2, 0.25) is 0 Å². The molecule has 0 saturated heterocycles. The molecule has 0 unspecified atom stereocenters. The topological polar surface area (TPSA) is 69.4 Å². The number of nitrogens with zero attached hydrogens (tertiary/aromatic N) is 1. The number of carbonyl (C=O) groups is 1. The van der Waals surface area contributed by atoms with Crippen molar-refractivity contribution in [1.82, 2.24) is 0 Å². The van der Waals surface area contributed by atoms with Crippen LogP contribution in [0.25, 0.3) is 0 Å². The molecule has 6 heteroatoms. The first-order valence-corrected chi connectivity index (χ1v) is 5.13. The Bertz CT molecular complexity index is 433. The van der Waals surface area contributed by atoms with Crippen LogP contribution in [0.5, 0.6) is 0 Å². The smallest absolute Gasteiger partial charge is 0.306 e. The lowest BCUT2D eigenvalue weighted by Gasteiger charge is -2.04. The third-order valence-electron chi connectivity index (χ3n) is 2.18. The van der Waals surface area contributed by atoms with Gasteiger partial charge in [-0.15, -0.1) is 0 Å². The molecule has 0 radical (unpaired) electrons. The summed E-state index contributed by atoms with van der Waals surface area (Å²) in [5.41, 5.74) is -0.375. The van der Waals surface area contributed by atoms with Crippen molar-refractivity contribution in [2.75, 3.05) is 6.61 Å². The Morgan fingerprint density at radius 2 is 2.24 bits per heavy atom. The molecule has 0 atom stereocenters. The molecule has 92 valence electrons. The van der Waals surface area contributed by atoms with Crippen molar-refractivity contribution in [2.45, 2.75) is 19.8 Å². The summed E-state index contributed by atoms with van der Waals surface area (Å²) in [6.07, 6.45) is -0.114. The number of halogens is 1. The third-order valence-corrected chi connectivity index (χ3v) is 2.18. The zero-order valence-electron chi connectivity index (χ0n) is 9.31. The van der Waals surface area contributed by atoms with E-state index in [9.17, 15) is 19.3 Å². The molecule has 1 aromatic carbocycles. The van der Waals surface area contributed by atoms with Crippen LogP contribution in [0.2, 0.25) is 0 Å². The SMILES string of the molecule is CCOC(=O)CCc1c(F)cccc1[N+](=O)[O-]. The molecule has 0 aliphatic heterocycles. The van der Waals surface area contributed by atoms with E-state index in [1.165, 1.54) is 12.1 Å². The number of rotatable bonds is 5. The summed E-state index contributed by atoms with van der Waals surface area (Å²) in [6.45, 7) is 1.89. The van der Waals surface area contributed by atoms with Gasteiger partial charge in [0.1, 0.15) is 5.82 Å². The highest BCUT2D eigenvalue weighted by molar-refractivity contribution is 5.70. The predicted molar refractivity (Wildman–Crippen MR) is 58.0 cm³/mol. The molecule has 0 bridgehead atoms. The lowest BCUT2D eigenvalue weighted by molar-refractivity contribution is -0.385. The highest BCUT2D eigenvalue weighted by atomic mass is 19.1. The quantitative estimate of drug-likeness (QED) is 0.450. The first-order chi connectivity index (χ1) is 8.06. The summed E-state index contributed by atoms with van der Waals surface area (Å²) >= 11 is 0. The summed E-state index contributed by atoms with van der Waals surface area (Å²) in [5, 5.41) is 10.7. The normalized spacial score (nSPS) is 10.0. The minimum atomic E-state index is -0.677. The van der Waals surface area contributed by atoms with Gasteiger partial charge < -0.3 is 4.74 Å². The van der Waals surface area contributed by atoms with Gasteiger partial charge in [-0.1, -0.05) is 6.07 Å². The fourth-order valence-electron chi connectivity index (χ4n) is 1.43. The van der Waals surface area contributed by atoms with Crippen LogP contribution in [-0.2, 0) is 16.0 Å². The van der Waals surface area contributed by atoms with E-state index >= 15 is 0 Å². The summed E-state index contributed by atoms with van der Waals surface area (Å²) < 4.78 is 18.1. The summed E-state index contributed by atoms with van der Waals surface area (Å²) in [5.74, 6) is -1.17. The van der Waals surface area contributed by atoms with Crippen LogP contribution in [0.1, 0.15) is 18.9 Å². The van der Waals surface area contributed by atoms with Gasteiger partial charge in [0.15, 0.2) is 0 Å². The number of hydrogen-bond donors (Lipinski definition) is 0. The van der Waals surface area contributed by atoms with Gasteiger partial charge in [-0.25, -0.2) is 4.39 Å². The minimum Gasteiger partial charge on any atom is -0.466 e. The average Bonchev–Trinajstić information content (AvgIpc) is 2.27. The third kappa shape index (κ3) is 3.51. The van der Waals surface area contributed by atoms with Gasteiger partial charge in [-0.2, -0.15) is 0 Å². The van der Waals surface area contributed by atoms with Crippen molar-refractivity contribution >= 4 is 11.7 Å². The zero-order valence-corrected chi connectivity index (χ0v) is 9.31. The van der Waals surface area contributed by atoms with Crippen LogP contribution in [-0.4, -0.2) is 17.5 Å². The van der Waals surface area contributed by atoms with E-state index < -0.39 is 16.7 Å². The van der Waals surface area contributed by atoms with Crippen molar-refractivity contribution in [3.63, 3.8) is 0 Å². The molecular formula is C11H12FNO4. The Labute approximate surface area is 97.3 Å². The Balaban J connectivity index is 2.82. The maximum atomic E-state index is 13.4. The molecule has 0 N–H and O–H groups in total. The Kier molecular flexibility index (Phi) is 4.56. The van der Waals surface area contributed by atoms with Crippen molar-refractivity contribution in [3.05, 3.63) is 39.7 Å². The molecule has 0 amide bonds. The average molecular weight is 241 g/mol. The van der Waals surface area contributed by atoms with Crippen LogP contribution in [0.4, 0.5) is 10.1 Å². The number of nitro benzene ring substituents is 1. The van der Waals surface area contributed by atoms with Gasteiger partial charge in [-0.3, -0.25) is 14.9 Å². The van der Waals surface area contributed by atoms with E-state index in [0.29, 0.717) is 0 Å². The van der Waals surface area contributed by atoms with E-state index in [2.05, 4.69) is 4.74 Å². The maximum Gasteiger partial charge on any atom is 0.306 e. The van der Waals surface area contributed by atoms with Crippen LogP contribution in [0, 0.1) is 15.9 Å². The first-order valence-electron chi connectivity index (χ1n) is 5.13. The van der Waals surface area contributed by atoms with E-state index in [4.69, 9.17) is 0 Å². The maximum absolute atomic E-state index is 13.4. The molecule has 0 heterocycles. The lowest BCUT2D eigenvalue weighted by Crippen LogP contribution is -2.07. The summed E-state index contributed by atoms with van der Waals surface area (Å²) in [4.78, 5) is 21.1. The van der Waals surface area contributed by atoms with E-state index in [1.54, 1.807) is 6.92 Å². The fraction of sp³-hybridized carbons (Fsp3) is 0.364. The lowest BCUT2D eigenvalue weighted by atomic mass is 10.1. The summed E-state index contributed by atoms with van der Waals surface area (Å²) in [6, 6.07) is 3.61. The van der Waals surface area contributed by atoms with E-state index in [-0.39, 0.29) is 30.7 Å². The van der Waals surface area contributed by atoms with Crippen LogP contribution < -0.4 is 0 Å². The number of hydrogen-bond acceptors (Lipinski definition) is 4. The first kappa shape index (κ1) is 13.1. The Hall–Kier alpha value is -1.98. The van der Waals surface area contributed by atoms with E-state index in [0.717, 1.165) is 6.07 Å². The van der Waals surface area contributed by atoms with Crippen LogP contribution >= 0.6 is 0 Å². The van der Waals surface area contributed by atoms with Crippen molar-refractivity contribution in [1.29, 1.82) is 0 Å². The minimum absolute atomic E-state index is 0.0399. The molecule has 1 aromatic rings. The monoisotopic (exact) mass is 241 g/mol. The molecule has 5 nitrogen and oxygen atoms in total. The predicted octanol–water partition coefficient (Wildman–Crippen LogP) is 2.23.